The molecule has 0 amide bonds. The molecule has 0 aliphatic rings. The smallest absolute Gasteiger partial charge is 0.361 e. The first kappa shape index (κ1) is 10.8. The normalized spacial score (nSPS) is 10.2. The molecule has 1 rings (SSSR count). The fourth-order valence-corrected chi connectivity index (χ4v) is 1.26. The van der Waals surface area contributed by atoms with Gasteiger partial charge in [-0.2, -0.15) is 5.10 Å². The molecule has 0 spiro atoms. The maximum atomic E-state index is 11.3. The van der Waals surface area contributed by atoms with Gasteiger partial charge in [0.1, 0.15) is 5.69 Å². The number of hydrogen-bond donors (Lipinski definition) is 1. The van der Waals surface area contributed by atoms with E-state index in [0.29, 0.717) is 6.54 Å². The van der Waals surface area contributed by atoms with Crippen molar-refractivity contribution in [3.63, 3.8) is 0 Å². The molecular formula is C8H12ClN3O2. The Bertz CT molecular complexity index is 349. The molecule has 1 aromatic rings. The largest absolute Gasteiger partial charge is 0.461 e. The van der Waals surface area contributed by atoms with E-state index in [9.17, 15) is 4.79 Å². The molecule has 0 saturated carbocycles. The van der Waals surface area contributed by atoms with Crippen LogP contribution in [0.5, 0.6) is 0 Å². The third kappa shape index (κ3) is 1.82. The molecule has 0 unspecified atom stereocenters. The molecule has 78 valence electrons. The number of esters is 1. The monoisotopic (exact) mass is 217 g/mol. The number of ether oxygens (including phenoxy) is 1. The Balaban J connectivity index is 3.04. The number of rotatable bonds is 3. The molecular weight excluding hydrogens is 206 g/mol. The minimum absolute atomic E-state index is 0.0821. The van der Waals surface area contributed by atoms with E-state index in [4.69, 9.17) is 22.1 Å². The van der Waals surface area contributed by atoms with Crippen molar-refractivity contribution in [3.05, 3.63) is 10.8 Å². The van der Waals surface area contributed by atoms with Crippen LogP contribution in [-0.4, -0.2) is 22.4 Å². The number of hydrogen-bond acceptors (Lipinski definition) is 4. The van der Waals surface area contributed by atoms with Gasteiger partial charge in [-0.1, -0.05) is 11.6 Å². The second-order valence-electron chi connectivity index (χ2n) is 2.59. The third-order valence-corrected chi connectivity index (χ3v) is 2.09. The number of nitrogens with zero attached hydrogens (tertiary/aromatic N) is 2. The average Bonchev–Trinajstić information content (AvgIpc) is 2.44. The molecule has 14 heavy (non-hydrogen) atoms. The number of aromatic nitrogens is 2. The number of carbonyl (C=O) groups is 1. The van der Waals surface area contributed by atoms with E-state index in [2.05, 4.69) is 5.10 Å². The predicted octanol–water partition coefficient (Wildman–Crippen LogP) is 1.32. The zero-order valence-electron chi connectivity index (χ0n) is 8.08. The number of aryl methyl sites for hydroxylation is 1. The van der Waals surface area contributed by atoms with Gasteiger partial charge >= 0.3 is 5.97 Å². The lowest BCUT2D eigenvalue weighted by atomic mass is 10.4. The number of nitrogen functional groups attached to an aromatic ring is 1. The van der Waals surface area contributed by atoms with Crippen molar-refractivity contribution in [1.29, 1.82) is 0 Å². The highest BCUT2D eigenvalue weighted by molar-refractivity contribution is 6.32. The molecule has 1 heterocycles. The van der Waals surface area contributed by atoms with Gasteiger partial charge in [0.15, 0.2) is 10.8 Å². The first-order chi connectivity index (χ1) is 6.61. The summed E-state index contributed by atoms with van der Waals surface area (Å²) in [6.07, 6.45) is 0. The maximum absolute atomic E-state index is 11.3. The van der Waals surface area contributed by atoms with Crippen LogP contribution < -0.4 is 5.73 Å². The molecule has 1 aromatic heterocycles. The topological polar surface area (TPSA) is 70.1 Å². The molecule has 0 saturated heterocycles. The summed E-state index contributed by atoms with van der Waals surface area (Å²) in [6, 6.07) is 0. The highest BCUT2D eigenvalue weighted by Crippen LogP contribution is 2.22. The van der Waals surface area contributed by atoms with Crippen LogP contribution in [0, 0.1) is 0 Å². The van der Waals surface area contributed by atoms with Crippen molar-refractivity contribution >= 4 is 23.3 Å². The van der Waals surface area contributed by atoms with Crippen LogP contribution in [0.2, 0.25) is 5.15 Å². The lowest BCUT2D eigenvalue weighted by molar-refractivity contribution is 0.0519. The van der Waals surface area contributed by atoms with Gasteiger partial charge in [-0.25, -0.2) is 4.79 Å². The van der Waals surface area contributed by atoms with Crippen LogP contribution in [0.4, 0.5) is 5.69 Å². The lowest BCUT2D eigenvalue weighted by Crippen LogP contribution is -2.08. The molecule has 0 radical (unpaired) electrons. The number of carbonyl (C=O) groups excluding carboxylic acids is 1. The second-order valence-corrected chi connectivity index (χ2v) is 2.95. The highest BCUT2D eigenvalue weighted by atomic mass is 35.5. The van der Waals surface area contributed by atoms with Gasteiger partial charge in [-0.05, 0) is 13.8 Å². The third-order valence-electron chi connectivity index (χ3n) is 1.69. The maximum Gasteiger partial charge on any atom is 0.361 e. The highest BCUT2D eigenvalue weighted by Gasteiger charge is 2.19. The Morgan fingerprint density at radius 1 is 1.64 bits per heavy atom. The summed E-state index contributed by atoms with van der Waals surface area (Å²) in [4.78, 5) is 11.3. The quantitative estimate of drug-likeness (QED) is 0.776. The van der Waals surface area contributed by atoms with Crippen molar-refractivity contribution in [2.24, 2.45) is 0 Å². The molecule has 0 aliphatic heterocycles. The number of nitrogens with two attached hydrogens (primary N) is 1. The molecule has 0 bridgehead atoms. The Kier molecular flexibility index (Phi) is 3.35. The zero-order valence-corrected chi connectivity index (χ0v) is 8.84. The Morgan fingerprint density at radius 2 is 2.29 bits per heavy atom. The van der Waals surface area contributed by atoms with Gasteiger partial charge in [0, 0.05) is 6.54 Å². The van der Waals surface area contributed by atoms with Crippen LogP contribution in [0.3, 0.4) is 0 Å². The molecule has 0 fully saturated rings. The summed E-state index contributed by atoms with van der Waals surface area (Å²) in [6.45, 7) is 4.41. The zero-order chi connectivity index (χ0) is 10.7. The van der Waals surface area contributed by atoms with Crippen molar-refractivity contribution in [2.45, 2.75) is 20.4 Å². The van der Waals surface area contributed by atoms with Gasteiger partial charge in [0.25, 0.3) is 0 Å². The Hall–Kier alpha value is -1.23. The van der Waals surface area contributed by atoms with Crippen molar-refractivity contribution in [3.8, 4) is 0 Å². The lowest BCUT2D eigenvalue weighted by Gasteiger charge is -1.97. The summed E-state index contributed by atoms with van der Waals surface area (Å²) < 4.78 is 6.22. The van der Waals surface area contributed by atoms with E-state index in [0.717, 1.165) is 0 Å². The summed E-state index contributed by atoms with van der Waals surface area (Å²) in [7, 11) is 0. The van der Waals surface area contributed by atoms with Crippen molar-refractivity contribution in [1.82, 2.24) is 9.78 Å². The summed E-state index contributed by atoms with van der Waals surface area (Å²) in [5, 5.41) is 4.21. The fraction of sp³-hybridized carbons (Fsp3) is 0.500. The van der Waals surface area contributed by atoms with Crippen molar-refractivity contribution < 1.29 is 9.53 Å². The van der Waals surface area contributed by atoms with E-state index < -0.39 is 5.97 Å². The Morgan fingerprint density at radius 3 is 2.71 bits per heavy atom. The minimum atomic E-state index is -0.543. The molecule has 0 aromatic carbocycles. The minimum Gasteiger partial charge on any atom is -0.461 e. The van der Waals surface area contributed by atoms with Gasteiger partial charge in [0.2, 0.25) is 0 Å². The van der Waals surface area contributed by atoms with Crippen LogP contribution in [0.1, 0.15) is 24.3 Å². The van der Waals surface area contributed by atoms with Crippen LogP contribution in [0.25, 0.3) is 0 Å². The molecule has 0 atom stereocenters. The SMILES string of the molecule is CCOC(=O)c1nn(CC)c(Cl)c1N. The molecule has 6 heteroatoms. The first-order valence-corrected chi connectivity index (χ1v) is 4.68. The van der Waals surface area contributed by atoms with Gasteiger partial charge in [-0.15, -0.1) is 0 Å². The van der Waals surface area contributed by atoms with Crippen LogP contribution in [0.15, 0.2) is 0 Å². The van der Waals surface area contributed by atoms with Gasteiger partial charge < -0.3 is 10.5 Å². The number of halogens is 1. The van der Waals surface area contributed by atoms with E-state index in [-0.39, 0.29) is 23.1 Å². The predicted molar refractivity (Wildman–Crippen MR) is 53.3 cm³/mol. The summed E-state index contributed by atoms with van der Waals surface area (Å²) >= 11 is 5.83. The van der Waals surface area contributed by atoms with E-state index in [1.807, 2.05) is 6.92 Å². The van der Waals surface area contributed by atoms with Crippen LogP contribution in [-0.2, 0) is 11.3 Å². The standard InChI is InChI=1S/C8H12ClN3O2/c1-3-12-7(9)5(10)6(11-12)8(13)14-4-2/h3-4,10H2,1-2H3. The van der Waals surface area contributed by atoms with Crippen LogP contribution >= 0.6 is 11.6 Å². The Labute approximate surface area is 86.8 Å². The van der Waals surface area contributed by atoms with Gasteiger partial charge in [-0.3, -0.25) is 4.68 Å². The summed E-state index contributed by atoms with van der Waals surface area (Å²) in [5.74, 6) is -0.543. The number of anilines is 1. The van der Waals surface area contributed by atoms with Gasteiger partial charge in [0.05, 0.1) is 6.61 Å². The molecule has 5 nitrogen and oxygen atoms in total. The fourth-order valence-electron chi connectivity index (χ4n) is 1.01. The van der Waals surface area contributed by atoms with E-state index in [1.54, 1.807) is 6.92 Å². The van der Waals surface area contributed by atoms with Crippen molar-refractivity contribution in [2.75, 3.05) is 12.3 Å². The first-order valence-electron chi connectivity index (χ1n) is 4.30. The average molecular weight is 218 g/mol. The van der Waals surface area contributed by atoms with E-state index >= 15 is 0 Å². The second kappa shape index (κ2) is 4.32. The van der Waals surface area contributed by atoms with E-state index in [1.165, 1.54) is 4.68 Å². The molecule has 0 aliphatic carbocycles. The molecule has 2 N–H and O–H groups in total. The summed E-state index contributed by atoms with van der Waals surface area (Å²) in [5.41, 5.74) is 5.85.